The van der Waals surface area contributed by atoms with Crippen molar-refractivity contribution in [2.24, 2.45) is 10.8 Å². The molecule has 34 heavy (non-hydrogen) atoms. The van der Waals surface area contributed by atoms with E-state index < -0.39 is 0 Å². The van der Waals surface area contributed by atoms with Gasteiger partial charge in [0.15, 0.2) is 0 Å². The van der Waals surface area contributed by atoms with Crippen LogP contribution in [0.15, 0.2) is 0 Å². The zero-order valence-electron chi connectivity index (χ0n) is 22.3. The van der Waals surface area contributed by atoms with Gasteiger partial charge in [0, 0.05) is 23.7 Å². The van der Waals surface area contributed by atoms with Gasteiger partial charge in [-0.1, -0.05) is 66.2 Å². The zero-order valence-corrected chi connectivity index (χ0v) is 22.3. The van der Waals surface area contributed by atoms with E-state index in [1.165, 1.54) is 38.5 Å². The third kappa shape index (κ3) is 13.1. The van der Waals surface area contributed by atoms with Crippen molar-refractivity contribution in [2.45, 2.75) is 130 Å². The monoisotopic (exact) mass is 482 g/mol. The summed E-state index contributed by atoms with van der Waals surface area (Å²) in [7, 11) is 0. The summed E-state index contributed by atoms with van der Waals surface area (Å²) in [4.78, 5) is 24.2. The summed E-state index contributed by atoms with van der Waals surface area (Å²) in [6, 6.07) is 0. The van der Waals surface area contributed by atoms with E-state index in [4.69, 9.17) is 18.9 Å². The van der Waals surface area contributed by atoms with Gasteiger partial charge in [0.2, 0.25) is 0 Å². The van der Waals surface area contributed by atoms with Crippen molar-refractivity contribution >= 4 is 11.9 Å². The quantitative estimate of drug-likeness (QED) is 0.199. The summed E-state index contributed by atoms with van der Waals surface area (Å²) in [5, 5.41) is 0. The number of carbonyl (C=O) groups is 2. The van der Waals surface area contributed by atoms with Crippen LogP contribution in [0.25, 0.3) is 0 Å². The molecule has 6 heteroatoms. The third-order valence-electron chi connectivity index (χ3n) is 6.78. The van der Waals surface area contributed by atoms with Crippen molar-refractivity contribution in [3.63, 3.8) is 0 Å². The van der Waals surface area contributed by atoms with Gasteiger partial charge >= 0.3 is 11.9 Å². The molecule has 2 saturated carbocycles. The van der Waals surface area contributed by atoms with Gasteiger partial charge in [-0.05, 0) is 38.5 Å². The van der Waals surface area contributed by atoms with Crippen LogP contribution in [0, 0.1) is 10.8 Å². The van der Waals surface area contributed by atoms with E-state index in [1.807, 2.05) is 0 Å². The molecule has 0 saturated heterocycles. The lowest BCUT2D eigenvalue weighted by atomic mass is 9.94. The van der Waals surface area contributed by atoms with Crippen LogP contribution in [0.4, 0.5) is 0 Å². The predicted octanol–water partition coefficient (Wildman–Crippen LogP) is 6.38. The zero-order chi connectivity index (χ0) is 24.9. The summed E-state index contributed by atoms with van der Waals surface area (Å²) in [6.45, 7) is 10.2. The fourth-order valence-corrected chi connectivity index (χ4v) is 4.47. The second-order valence-corrected chi connectivity index (χ2v) is 12.0. The molecule has 0 amide bonds. The maximum absolute atomic E-state index is 12.1. The molecular weight excluding hydrogens is 432 g/mol. The van der Waals surface area contributed by atoms with Crippen molar-refractivity contribution < 1.29 is 28.5 Å². The Labute approximate surface area is 207 Å². The summed E-state index contributed by atoms with van der Waals surface area (Å²) < 4.78 is 23.0. The molecule has 2 aliphatic rings. The first-order chi connectivity index (χ1) is 16.2. The van der Waals surface area contributed by atoms with E-state index in [2.05, 4.69) is 27.7 Å². The van der Waals surface area contributed by atoms with Gasteiger partial charge in [-0.3, -0.25) is 9.59 Å². The number of rotatable bonds is 15. The Morgan fingerprint density at radius 3 is 1.29 bits per heavy atom. The SMILES string of the molecule is CC(C)(COC(=O)CCCCC(=O)OCC(C)(C)COC1CCCCC1)COC1CCCCC1. The molecule has 2 aliphatic carbocycles. The highest BCUT2D eigenvalue weighted by Gasteiger charge is 2.25. The van der Waals surface area contributed by atoms with Crippen molar-refractivity contribution in [1.29, 1.82) is 0 Å². The molecule has 0 atom stereocenters. The third-order valence-corrected chi connectivity index (χ3v) is 6.78. The molecule has 0 radical (unpaired) electrons. The van der Waals surface area contributed by atoms with Crippen molar-refractivity contribution in [3.05, 3.63) is 0 Å². The van der Waals surface area contributed by atoms with Crippen LogP contribution in [-0.2, 0) is 28.5 Å². The second kappa shape index (κ2) is 15.1. The Hall–Kier alpha value is -1.14. The molecule has 0 aromatic carbocycles. The Balaban J connectivity index is 1.49. The van der Waals surface area contributed by atoms with Crippen molar-refractivity contribution in [3.8, 4) is 0 Å². The molecule has 198 valence electrons. The van der Waals surface area contributed by atoms with Crippen LogP contribution in [0.3, 0.4) is 0 Å². The van der Waals surface area contributed by atoms with Crippen LogP contribution in [-0.4, -0.2) is 50.6 Å². The highest BCUT2D eigenvalue weighted by molar-refractivity contribution is 5.70. The standard InChI is InChI=1S/C28H50O6/c1-27(2,19-31-23-13-7-5-8-14-23)21-33-25(29)17-11-12-18-26(30)34-22-28(3,4)20-32-24-15-9-6-10-16-24/h23-24H,5-22H2,1-4H3. The maximum Gasteiger partial charge on any atom is 0.305 e. The van der Waals surface area contributed by atoms with Gasteiger partial charge < -0.3 is 18.9 Å². The molecule has 2 fully saturated rings. The lowest BCUT2D eigenvalue weighted by molar-refractivity contribution is -0.150. The Morgan fingerprint density at radius 2 is 0.941 bits per heavy atom. The smallest absolute Gasteiger partial charge is 0.305 e. The molecule has 6 nitrogen and oxygen atoms in total. The van der Waals surface area contributed by atoms with E-state index in [0.29, 0.717) is 64.3 Å². The molecule has 0 bridgehead atoms. The van der Waals surface area contributed by atoms with Crippen molar-refractivity contribution in [2.75, 3.05) is 26.4 Å². The first-order valence-electron chi connectivity index (χ1n) is 13.7. The molecule has 0 N–H and O–H groups in total. The van der Waals surface area contributed by atoms with Crippen LogP contribution in [0.5, 0.6) is 0 Å². The fourth-order valence-electron chi connectivity index (χ4n) is 4.47. The lowest BCUT2D eigenvalue weighted by Crippen LogP contribution is -2.30. The number of carbonyl (C=O) groups excluding carboxylic acids is 2. The minimum Gasteiger partial charge on any atom is -0.465 e. The number of esters is 2. The highest BCUT2D eigenvalue weighted by Crippen LogP contribution is 2.25. The number of unbranched alkanes of at least 4 members (excludes halogenated alkanes) is 1. The van der Waals surface area contributed by atoms with E-state index >= 15 is 0 Å². The van der Waals surface area contributed by atoms with Gasteiger partial charge in [-0.15, -0.1) is 0 Å². The number of hydrogen-bond donors (Lipinski definition) is 0. The minimum atomic E-state index is -0.208. The van der Waals surface area contributed by atoms with E-state index in [1.54, 1.807) is 0 Å². The molecule has 0 aromatic heterocycles. The number of hydrogen-bond acceptors (Lipinski definition) is 6. The molecule has 0 heterocycles. The van der Waals surface area contributed by atoms with Crippen LogP contribution >= 0.6 is 0 Å². The molecule has 0 aliphatic heterocycles. The lowest BCUT2D eigenvalue weighted by Gasteiger charge is -2.29. The average Bonchev–Trinajstić information content (AvgIpc) is 2.83. The van der Waals surface area contributed by atoms with Crippen LogP contribution in [0.1, 0.15) is 118 Å². The van der Waals surface area contributed by atoms with Gasteiger partial charge in [0.1, 0.15) is 0 Å². The molecule has 0 aromatic rings. The van der Waals surface area contributed by atoms with Gasteiger partial charge in [-0.25, -0.2) is 0 Å². The van der Waals surface area contributed by atoms with E-state index in [-0.39, 0.29) is 22.8 Å². The fraction of sp³-hybridized carbons (Fsp3) is 0.929. The van der Waals surface area contributed by atoms with Gasteiger partial charge in [0.05, 0.1) is 38.6 Å². The Morgan fingerprint density at radius 1 is 0.588 bits per heavy atom. The summed E-state index contributed by atoms with van der Waals surface area (Å²) >= 11 is 0. The highest BCUT2D eigenvalue weighted by atomic mass is 16.5. The number of ether oxygens (including phenoxy) is 4. The topological polar surface area (TPSA) is 71.1 Å². The summed E-state index contributed by atoms with van der Waals surface area (Å²) in [5.41, 5.74) is -0.380. The second-order valence-electron chi connectivity index (χ2n) is 12.0. The predicted molar refractivity (Wildman–Crippen MR) is 134 cm³/mol. The minimum absolute atomic E-state index is 0.190. The molecular formula is C28H50O6. The molecule has 0 unspecified atom stereocenters. The van der Waals surface area contributed by atoms with E-state index in [9.17, 15) is 9.59 Å². The van der Waals surface area contributed by atoms with Gasteiger partial charge in [0.25, 0.3) is 0 Å². The molecule has 2 rings (SSSR count). The van der Waals surface area contributed by atoms with Crippen molar-refractivity contribution in [1.82, 2.24) is 0 Å². The Bertz CT molecular complexity index is 536. The normalized spacial score (nSPS) is 18.6. The Kier molecular flexibility index (Phi) is 12.9. The summed E-state index contributed by atoms with van der Waals surface area (Å²) in [5.74, 6) is -0.416. The first-order valence-corrected chi connectivity index (χ1v) is 13.7. The largest absolute Gasteiger partial charge is 0.465 e. The van der Waals surface area contributed by atoms with Crippen LogP contribution < -0.4 is 0 Å². The van der Waals surface area contributed by atoms with Gasteiger partial charge in [-0.2, -0.15) is 0 Å². The van der Waals surface area contributed by atoms with Crippen LogP contribution in [0.2, 0.25) is 0 Å². The maximum atomic E-state index is 12.1. The van der Waals surface area contributed by atoms with E-state index in [0.717, 1.165) is 25.7 Å². The molecule has 0 spiro atoms. The summed E-state index contributed by atoms with van der Waals surface area (Å²) in [6.07, 6.45) is 14.8. The first kappa shape index (κ1) is 29.1. The average molecular weight is 483 g/mol.